The summed E-state index contributed by atoms with van der Waals surface area (Å²) in [6, 6.07) is 9.48. The maximum atomic E-state index is 11.4. The van der Waals surface area contributed by atoms with Gasteiger partial charge in [0.05, 0.1) is 17.3 Å². The minimum absolute atomic E-state index is 0.226. The zero-order valence-corrected chi connectivity index (χ0v) is 11.7. The molecular weight excluding hydrogens is 274 g/mol. The lowest BCUT2D eigenvalue weighted by atomic mass is 10.0. The summed E-state index contributed by atoms with van der Waals surface area (Å²) in [5.74, 6) is -0.686. The third-order valence-corrected chi connectivity index (χ3v) is 4.60. The molecule has 20 heavy (non-hydrogen) atoms. The first kappa shape index (κ1) is 13.3. The molecule has 1 unspecified atom stereocenters. The number of aromatic nitrogens is 1. The summed E-state index contributed by atoms with van der Waals surface area (Å²) < 4.78 is 5.47. The maximum absolute atomic E-state index is 11.4. The first-order valence-electron chi connectivity index (χ1n) is 6.63. The van der Waals surface area contributed by atoms with Crippen molar-refractivity contribution >= 4 is 17.3 Å². The van der Waals surface area contributed by atoms with Crippen LogP contribution in [0.25, 0.3) is 11.3 Å². The predicted molar refractivity (Wildman–Crippen MR) is 77.3 cm³/mol. The Balaban J connectivity index is 2.00. The van der Waals surface area contributed by atoms with Crippen LogP contribution in [0.4, 0.5) is 0 Å². The highest BCUT2D eigenvalue weighted by molar-refractivity contribution is 7.14. The second kappa shape index (κ2) is 5.73. The highest BCUT2D eigenvalue weighted by Gasteiger charge is 2.25. The summed E-state index contributed by atoms with van der Waals surface area (Å²) in [5.41, 5.74) is 1.42. The van der Waals surface area contributed by atoms with Crippen molar-refractivity contribution in [2.75, 3.05) is 13.2 Å². The third kappa shape index (κ3) is 2.59. The fraction of sp³-hybridized carbons (Fsp3) is 0.333. The molecule has 2 aromatic rings. The molecule has 1 N–H and O–H groups in total. The maximum Gasteiger partial charge on any atom is 0.348 e. The Labute approximate surface area is 121 Å². The van der Waals surface area contributed by atoms with Crippen LogP contribution in [0, 0.1) is 0 Å². The van der Waals surface area contributed by atoms with Crippen LogP contribution in [-0.2, 0) is 4.74 Å². The van der Waals surface area contributed by atoms with E-state index >= 15 is 0 Å². The summed E-state index contributed by atoms with van der Waals surface area (Å²) in [4.78, 5) is 16.3. The van der Waals surface area contributed by atoms with Crippen LogP contribution in [0.1, 0.15) is 33.4 Å². The van der Waals surface area contributed by atoms with Gasteiger partial charge in [-0.2, -0.15) is 0 Å². The van der Waals surface area contributed by atoms with Crippen LogP contribution in [-0.4, -0.2) is 29.3 Å². The van der Waals surface area contributed by atoms with E-state index in [1.165, 1.54) is 11.3 Å². The standard InChI is InChI=1S/C15H15NO3S/c17-15(18)13-12(10-5-2-1-3-6-10)16-14(20-13)11-7-4-8-19-9-11/h1-3,5-6,11H,4,7-9H2,(H,17,18). The topological polar surface area (TPSA) is 59.4 Å². The number of hydrogen-bond acceptors (Lipinski definition) is 4. The Morgan fingerprint density at radius 2 is 2.15 bits per heavy atom. The van der Waals surface area contributed by atoms with Gasteiger partial charge in [-0.3, -0.25) is 0 Å². The zero-order chi connectivity index (χ0) is 13.9. The molecule has 0 radical (unpaired) electrons. The number of nitrogens with zero attached hydrogens (tertiary/aromatic N) is 1. The normalized spacial score (nSPS) is 18.9. The van der Waals surface area contributed by atoms with Gasteiger partial charge in [0, 0.05) is 18.1 Å². The summed E-state index contributed by atoms with van der Waals surface area (Å²) >= 11 is 1.28. The Kier molecular flexibility index (Phi) is 3.80. The highest BCUT2D eigenvalue weighted by Crippen LogP contribution is 2.34. The van der Waals surface area contributed by atoms with Crippen molar-refractivity contribution in [2.24, 2.45) is 0 Å². The van der Waals surface area contributed by atoms with Gasteiger partial charge in [-0.05, 0) is 12.8 Å². The van der Waals surface area contributed by atoms with Gasteiger partial charge < -0.3 is 9.84 Å². The molecule has 104 valence electrons. The van der Waals surface area contributed by atoms with E-state index in [2.05, 4.69) is 4.98 Å². The molecular formula is C15H15NO3S. The lowest BCUT2D eigenvalue weighted by Crippen LogP contribution is -2.15. The monoisotopic (exact) mass is 289 g/mol. The van der Waals surface area contributed by atoms with Gasteiger partial charge in [0.2, 0.25) is 0 Å². The summed E-state index contributed by atoms with van der Waals surface area (Å²) in [6.07, 6.45) is 2.02. The van der Waals surface area contributed by atoms with Crippen molar-refractivity contribution in [1.82, 2.24) is 4.98 Å². The van der Waals surface area contributed by atoms with Crippen molar-refractivity contribution in [3.63, 3.8) is 0 Å². The van der Waals surface area contributed by atoms with E-state index in [4.69, 9.17) is 4.74 Å². The van der Waals surface area contributed by atoms with Crippen molar-refractivity contribution in [3.8, 4) is 11.3 Å². The van der Waals surface area contributed by atoms with E-state index in [1.54, 1.807) is 0 Å². The van der Waals surface area contributed by atoms with Gasteiger partial charge in [-0.25, -0.2) is 9.78 Å². The Morgan fingerprint density at radius 1 is 1.35 bits per heavy atom. The molecule has 1 aliphatic heterocycles. The minimum Gasteiger partial charge on any atom is -0.477 e. The number of carboxylic acid groups (broad SMARTS) is 1. The smallest absolute Gasteiger partial charge is 0.348 e. The molecule has 1 fully saturated rings. The van der Waals surface area contributed by atoms with E-state index in [9.17, 15) is 9.90 Å². The Hall–Kier alpha value is -1.72. The molecule has 4 nitrogen and oxygen atoms in total. The number of benzene rings is 1. The van der Waals surface area contributed by atoms with Crippen LogP contribution in [0.15, 0.2) is 30.3 Å². The van der Waals surface area contributed by atoms with Crippen LogP contribution < -0.4 is 0 Å². The summed E-state index contributed by atoms with van der Waals surface area (Å²) in [5, 5.41) is 10.3. The van der Waals surface area contributed by atoms with Crippen molar-refractivity contribution in [1.29, 1.82) is 0 Å². The second-order valence-electron chi connectivity index (χ2n) is 4.82. The van der Waals surface area contributed by atoms with Crippen molar-refractivity contribution in [2.45, 2.75) is 18.8 Å². The first-order chi connectivity index (χ1) is 9.75. The average Bonchev–Trinajstić information content (AvgIpc) is 2.94. The molecule has 1 atom stereocenters. The van der Waals surface area contributed by atoms with Crippen LogP contribution in [0.5, 0.6) is 0 Å². The molecule has 2 heterocycles. The lowest BCUT2D eigenvalue weighted by molar-refractivity contribution is 0.0702. The van der Waals surface area contributed by atoms with Crippen molar-refractivity contribution in [3.05, 3.63) is 40.2 Å². The first-order valence-corrected chi connectivity index (χ1v) is 7.44. The van der Waals surface area contributed by atoms with E-state index in [0.29, 0.717) is 17.2 Å². The molecule has 0 amide bonds. The van der Waals surface area contributed by atoms with Crippen LogP contribution >= 0.6 is 11.3 Å². The summed E-state index contributed by atoms with van der Waals surface area (Å²) in [6.45, 7) is 1.43. The molecule has 0 saturated carbocycles. The number of aromatic carboxylic acids is 1. The highest BCUT2D eigenvalue weighted by atomic mass is 32.1. The second-order valence-corrected chi connectivity index (χ2v) is 5.85. The van der Waals surface area contributed by atoms with Crippen LogP contribution in [0.2, 0.25) is 0 Å². The quantitative estimate of drug-likeness (QED) is 0.940. The number of ether oxygens (including phenoxy) is 1. The molecule has 3 rings (SSSR count). The van der Waals surface area contributed by atoms with E-state index < -0.39 is 5.97 Å². The van der Waals surface area contributed by atoms with Crippen LogP contribution in [0.3, 0.4) is 0 Å². The minimum atomic E-state index is -0.913. The lowest BCUT2D eigenvalue weighted by Gasteiger charge is -2.19. The van der Waals surface area contributed by atoms with Gasteiger partial charge >= 0.3 is 5.97 Å². The average molecular weight is 289 g/mol. The number of hydrogen-bond donors (Lipinski definition) is 1. The zero-order valence-electron chi connectivity index (χ0n) is 10.9. The van der Waals surface area contributed by atoms with Gasteiger partial charge in [-0.1, -0.05) is 30.3 Å². The van der Waals surface area contributed by atoms with E-state index in [-0.39, 0.29) is 5.92 Å². The number of thiazole rings is 1. The molecule has 0 aliphatic carbocycles. The van der Waals surface area contributed by atoms with Gasteiger partial charge in [0.15, 0.2) is 0 Å². The third-order valence-electron chi connectivity index (χ3n) is 3.39. The number of rotatable bonds is 3. The fourth-order valence-corrected chi connectivity index (χ4v) is 3.43. The molecule has 1 aromatic carbocycles. The molecule has 5 heteroatoms. The number of carboxylic acids is 1. The molecule has 0 spiro atoms. The van der Waals surface area contributed by atoms with Crippen molar-refractivity contribution < 1.29 is 14.6 Å². The Morgan fingerprint density at radius 3 is 2.80 bits per heavy atom. The fourth-order valence-electron chi connectivity index (χ4n) is 2.38. The van der Waals surface area contributed by atoms with E-state index in [1.807, 2.05) is 30.3 Å². The molecule has 1 saturated heterocycles. The predicted octanol–water partition coefficient (Wildman–Crippen LogP) is 3.40. The molecule has 1 aliphatic rings. The number of carbonyl (C=O) groups is 1. The van der Waals surface area contributed by atoms with E-state index in [0.717, 1.165) is 30.0 Å². The molecule has 1 aromatic heterocycles. The summed E-state index contributed by atoms with van der Waals surface area (Å²) in [7, 11) is 0. The van der Waals surface area contributed by atoms with Gasteiger partial charge in [0.1, 0.15) is 4.88 Å². The molecule has 0 bridgehead atoms. The van der Waals surface area contributed by atoms with Gasteiger partial charge in [-0.15, -0.1) is 11.3 Å². The Bertz CT molecular complexity index is 603. The largest absolute Gasteiger partial charge is 0.477 e. The van der Waals surface area contributed by atoms with Gasteiger partial charge in [0.25, 0.3) is 0 Å². The SMILES string of the molecule is O=C(O)c1sc(C2CCCOC2)nc1-c1ccccc1.